The van der Waals surface area contributed by atoms with Crippen molar-refractivity contribution in [2.75, 3.05) is 6.26 Å². The summed E-state index contributed by atoms with van der Waals surface area (Å²) in [7, 11) is -3.19. The molecule has 106 valence electrons. The SMILES string of the molecule is CS(=O)(=O)c1ccc(-c2cc(-c3ccccc3)no2)cc1. The van der Waals surface area contributed by atoms with Gasteiger partial charge in [0.05, 0.1) is 4.90 Å². The van der Waals surface area contributed by atoms with Gasteiger partial charge in [-0.3, -0.25) is 0 Å². The standard InChI is InChI=1S/C16H13NO3S/c1-21(18,19)14-9-7-13(8-10-14)16-11-15(17-20-16)12-5-3-2-4-6-12/h2-11H,1H3. The highest BCUT2D eigenvalue weighted by Crippen LogP contribution is 2.26. The van der Waals surface area contributed by atoms with Crippen molar-refractivity contribution in [2.24, 2.45) is 0 Å². The van der Waals surface area contributed by atoms with E-state index in [4.69, 9.17) is 4.52 Å². The average Bonchev–Trinajstić information content (AvgIpc) is 2.97. The molecular weight excluding hydrogens is 286 g/mol. The van der Waals surface area contributed by atoms with Crippen LogP contribution < -0.4 is 0 Å². The highest BCUT2D eigenvalue weighted by Gasteiger charge is 2.10. The summed E-state index contributed by atoms with van der Waals surface area (Å²) < 4.78 is 28.2. The van der Waals surface area contributed by atoms with Crippen LogP contribution in [-0.2, 0) is 9.84 Å². The summed E-state index contributed by atoms with van der Waals surface area (Å²) >= 11 is 0. The molecule has 5 heteroatoms. The van der Waals surface area contributed by atoms with E-state index in [0.29, 0.717) is 5.76 Å². The average molecular weight is 299 g/mol. The summed E-state index contributed by atoms with van der Waals surface area (Å²) in [6.07, 6.45) is 1.18. The van der Waals surface area contributed by atoms with Gasteiger partial charge in [0.2, 0.25) is 0 Å². The minimum absolute atomic E-state index is 0.286. The zero-order valence-electron chi connectivity index (χ0n) is 11.4. The van der Waals surface area contributed by atoms with Gasteiger partial charge in [-0.15, -0.1) is 0 Å². The van der Waals surface area contributed by atoms with Crippen LogP contribution in [0.25, 0.3) is 22.6 Å². The van der Waals surface area contributed by atoms with Crippen molar-refractivity contribution in [1.29, 1.82) is 0 Å². The lowest BCUT2D eigenvalue weighted by Crippen LogP contribution is -1.95. The maximum Gasteiger partial charge on any atom is 0.175 e. The van der Waals surface area contributed by atoms with Crippen molar-refractivity contribution >= 4 is 9.84 Å². The van der Waals surface area contributed by atoms with E-state index in [-0.39, 0.29) is 4.90 Å². The predicted octanol–water partition coefficient (Wildman–Crippen LogP) is 3.41. The number of benzene rings is 2. The maximum absolute atomic E-state index is 11.4. The van der Waals surface area contributed by atoms with Crippen LogP contribution >= 0.6 is 0 Å². The van der Waals surface area contributed by atoms with E-state index in [9.17, 15) is 8.42 Å². The summed E-state index contributed by atoms with van der Waals surface area (Å²) in [4.78, 5) is 0.286. The molecule has 0 spiro atoms. The molecule has 1 heterocycles. The molecule has 21 heavy (non-hydrogen) atoms. The zero-order chi connectivity index (χ0) is 14.9. The van der Waals surface area contributed by atoms with Gasteiger partial charge < -0.3 is 4.52 Å². The largest absolute Gasteiger partial charge is 0.356 e. The van der Waals surface area contributed by atoms with Crippen LogP contribution in [0.4, 0.5) is 0 Å². The summed E-state index contributed by atoms with van der Waals surface area (Å²) in [5, 5.41) is 4.04. The van der Waals surface area contributed by atoms with Crippen molar-refractivity contribution in [2.45, 2.75) is 4.90 Å². The Bertz CT molecular complexity index is 850. The Hall–Kier alpha value is -2.40. The lowest BCUT2D eigenvalue weighted by atomic mass is 10.1. The third-order valence-electron chi connectivity index (χ3n) is 3.15. The molecule has 0 aliphatic rings. The van der Waals surface area contributed by atoms with E-state index < -0.39 is 9.84 Å². The molecule has 0 aliphatic carbocycles. The van der Waals surface area contributed by atoms with Gasteiger partial charge in [0.1, 0.15) is 5.69 Å². The summed E-state index contributed by atoms with van der Waals surface area (Å²) in [6.45, 7) is 0. The molecule has 0 aliphatic heterocycles. The highest BCUT2D eigenvalue weighted by atomic mass is 32.2. The van der Waals surface area contributed by atoms with Gasteiger partial charge >= 0.3 is 0 Å². The summed E-state index contributed by atoms with van der Waals surface area (Å²) in [5.74, 6) is 0.605. The molecule has 4 nitrogen and oxygen atoms in total. The molecular formula is C16H13NO3S. The first-order valence-electron chi connectivity index (χ1n) is 6.37. The lowest BCUT2D eigenvalue weighted by molar-refractivity contribution is 0.435. The van der Waals surface area contributed by atoms with Crippen molar-refractivity contribution in [3.05, 3.63) is 60.7 Å². The highest BCUT2D eigenvalue weighted by molar-refractivity contribution is 7.90. The third kappa shape index (κ3) is 2.87. The van der Waals surface area contributed by atoms with Gasteiger partial charge in [-0.2, -0.15) is 0 Å². The second kappa shape index (κ2) is 5.18. The number of hydrogen-bond acceptors (Lipinski definition) is 4. The minimum atomic E-state index is -3.19. The number of nitrogens with zero attached hydrogens (tertiary/aromatic N) is 1. The molecule has 0 amide bonds. The van der Waals surface area contributed by atoms with Gasteiger partial charge in [0, 0.05) is 23.4 Å². The van der Waals surface area contributed by atoms with Gasteiger partial charge in [-0.1, -0.05) is 35.5 Å². The van der Waals surface area contributed by atoms with Gasteiger partial charge in [-0.05, 0) is 24.3 Å². The van der Waals surface area contributed by atoms with E-state index in [2.05, 4.69) is 5.16 Å². The van der Waals surface area contributed by atoms with Crippen LogP contribution in [0, 0.1) is 0 Å². The van der Waals surface area contributed by atoms with E-state index in [1.807, 2.05) is 36.4 Å². The Morgan fingerprint density at radius 3 is 2.19 bits per heavy atom. The fourth-order valence-corrected chi connectivity index (χ4v) is 2.65. The Kier molecular flexibility index (Phi) is 3.35. The van der Waals surface area contributed by atoms with Crippen molar-refractivity contribution in [1.82, 2.24) is 5.16 Å². The van der Waals surface area contributed by atoms with Gasteiger partial charge in [-0.25, -0.2) is 8.42 Å². The molecule has 0 fully saturated rings. The molecule has 2 aromatic carbocycles. The fourth-order valence-electron chi connectivity index (χ4n) is 2.02. The van der Waals surface area contributed by atoms with Crippen LogP contribution in [0.1, 0.15) is 0 Å². The second-order valence-corrected chi connectivity index (χ2v) is 6.75. The Morgan fingerprint density at radius 2 is 1.57 bits per heavy atom. The van der Waals surface area contributed by atoms with Crippen LogP contribution in [0.3, 0.4) is 0 Å². The van der Waals surface area contributed by atoms with Crippen LogP contribution in [0.15, 0.2) is 70.1 Å². The molecule has 1 aromatic heterocycles. The lowest BCUT2D eigenvalue weighted by Gasteiger charge is -1.99. The molecule has 0 bridgehead atoms. The first-order valence-corrected chi connectivity index (χ1v) is 8.26. The van der Waals surface area contributed by atoms with Crippen LogP contribution in [0.2, 0.25) is 0 Å². The maximum atomic E-state index is 11.4. The summed E-state index contributed by atoms with van der Waals surface area (Å²) in [6, 6.07) is 18.1. The van der Waals surface area contributed by atoms with Crippen LogP contribution in [0.5, 0.6) is 0 Å². The van der Waals surface area contributed by atoms with Crippen LogP contribution in [-0.4, -0.2) is 19.8 Å². The van der Waals surface area contributed by atoms with Crippen molar-refractivity contribution < 1.29 is 12.9 Å². The number of rotatable bonds is 3. The van der Waals surface area contributed by atoms with Crippen molar-refractivity contribution in [3.8, 4) is 22.6 Å². The third-order valence-corrected chi connectivity index (χ3v) is 4.28. The Morgan fingerprint density at radius 1 is 0.905 bits per heavy atom. The minimum Gasteiger partial charge on any atom is -0.356 e. The van der Waals surface area contributed by atoms with E-state index in [1.54, 1.807) is 24.3 Å². The zero-order valence-corrected chi connectivity index (χ0v) is 12.2. The Balaban J connectivity index is 1.94. The van der Waals surface area contributed by atoms with Crippen molar-refractivity contribution in [3.63, 3.8) is 0 Å². The first kappa shape index (κ1) is 13.6. The van der Waals surface area contributed by atoms with E-state index >= 15 is 0 Å². The first-order chi connectivity index (χ1) is 10.0. The molecule has 3 rings (SSSR count). The number of sulfone groups is 1. The monoisotopic (exact) mass is 299 g/mol. The second-order valence-electron chi connectivity index (χ2n) is 4.74. The topological polar surface area (TPSA) is 60.2 Å². The van der Waals surface area contributed by atoms with Gasteiger partial charge in [0.15, 0.2) is 15.6 Å². The number of hydrogen-bond donors (Lipinski definition) is 0. The smallest absolute Gasteiger partial charge is 0.175 e. The molecule has 3 aromatic rings. The molecule has 0 saturated heterocycles. The van der Waals surface area contributed by atoms with Gasteiger partial charge in [0.25, 0.3) is 0 Å². The molecule has 0 saturated carbocycles. The van der Waals surface area contributed by atoms with E-state index in [0.717, 1.165) is 16.8 Å². The fraction of sp³-hybridized carbons (Fsp3) is 0.0625. The molecule has 0 radical (unpaired) electrons. The predicted molar refractivity (Wildman–Crippen MR) is 80.5 cm³/mol. The number of aromatic nitrogens is 1. The molecule has 0 atom stereocenters. The molecule has 0 unspecified atom stereocenters. The Labute approximate surface area is 123 Å². The summed E-state index contributed by atoms with van der Waals surface area (Å²) in [5.41, 5.74) is 2.51. The van der Waals surface area contributed by atoms with E-state index in [1.165, 1.54) is 6.26 Å². The normalized spacial score (nSPS) is 11.5. The quantitative estimate of drug-likeness (QED) is 0.743. The molecule has 0 N–H and O–H groups in total.